The summed E-state index contributed by atoms with van der Waals surface area (Å²) in [5.74, 6) is 0.952. The van der Waals surface area contributed by atoms with E-state index in [2.05, 4.69) is 15.3 Å². The van der Waals surface area contributed by atoms with Gasteiger partial charge in [-0.05, 0) is 37.5 Å². The molecule has 0 saturated carbocycles. The van der Waals surface area contributed by atoms with Crippen molar-refractivity contribution in [3.05, 3.63) is 63.8 Å². The maximum absolute atomic E-state index is 13.0. The first kappa shape index (κ1) is 20.3. The fourth-order valence-corrected chi connectivity index (χ4v) is 3.66. The fourth-order valence-electron chi connectivity index (χ4n) is 3.66. The zero-order valence-electron chi connectivity index (χ0n) is 16.4. The van der Waals surface area contributed by atoms with E-state index >= 15 is 0 Å². The molecule has 4 rings (SSSR count). The van der Waals surface area contributed by atoms with Crippen LogP contribution >= 0.6 is 0 Å². The van der Waals surface area contributed by atoms with Crippen molar-refractivity contribution >= 4 is 16.7 Å². The summed E-state index contributed by atoms with van der Waals surface area (Å²) in [7, 11) is 0. The van der Waals surface area contributed by atoms with E-state index < -0.39 is 11.7 Å². The number of hydrogen-bond donors (Lipinski definition) is 1. The summed E-state index contributed by atoms with van der Waals surface area (Å²) in [5, 5.41) is 3.77. The lowest BCUT2D eigenvalue weighted by Crippen LogP contribution is -2.28. The summed E-state index contributed by atoms with van der Waals surface area (Å²) in [6, 6.07) is 6.67. The Balaban J connectivity index is 1.67. The van der Waals surface area contributed by atoms with E-state index in [0.717, 1.165) is 25.0 Å². The Labute approximate surface area is 170 Å². The Morgan fingerprint density at radius 2 is 1.97 bits per heavy atom. The predicted octanol–water partition coefficient (Wildman–Crippen LogP) is 4.08. The van der Waals surface area contributed by atoms with Crippen molar-refractivity contribution in [2.45, 2.75) is 38.5 Å². The molecule has 0 spiro atoms. The second-order valence-electron chi connectivity index (χ2n) is 7.33. The van der Waals surface area contributed by atoms with Gasteiger partial charge in [0.25, 0.3) is 5.56 Å². The van der Waals surface area contributed by atoms with Crippen LogP contribution in [0.15, 0.2) is 41.3 Å². The molecule has 3 heterocycles. The summed E-state index contributed by atoms with van der Waals surface area (Å²) >= 11 is 0. The Morgan fingerprint density at radius 3 is 2.70 bits per heavy atom. The largest absolute Gasteiger partial charge is 0.416 e. The number of ether oxygens (including phenoxy) is 1. The number of anilines is 1. The Hall–Kier alpha value is -2.94. The van der Waals surface area contributed by atoms with Crippen molar-refractivity contribution in [2.75, 3.05) is 18.5 Å². The Morgan fingerprint density at radius 1 is 1.20 bits per heavy atom. The second kappa shape index (κ2) is 8.06. The molecule has 1 fully saturated rings. The number of aromatic nitrogens is 3. The number of nitrogens with one attached hydrogen (secondary N) is 1. The number of nitrogens with zero attached hydrogens (tertiary/aromatic N) is 3. The van der Waals surface area contributed by atoms with Crippen molar-refractivity contribution in [2.24, 2.45) is 0 Å². The third-order valence-electron chi connectivity index (χ3n) is 5.17. The molecule has 3 aromatic rings. The topological polar surface area (TPSA) is 69.0 Å². The lowest BCUT2D eigenvalue weighted by atomic mass is 10.1. The number of hydrogen-bond acceptors (Lipinski definition) is 5. The number of benzene rings is 1. The summed E-state index contributed by atoms with van der Waals surface area (Å²) in [5.41, 5.74) is 0.143. The molecular weight excluding hydrogens is 397 g/mol. The number of fused-ring (bicyclic) bond motifs is 1. The van der Waals surface area contributed by atoms with Crippen LogP contribution in [0.5, 0.6) is 0 Å². The first-order valence-electron chi connectivity index (χ1n) is 9.69. The molecule has 0 atom stereocenters. The highest BCUT2D eigenvalue weighted by molar-refractivity contribution is 5.88. The van der Waals surface area contributed by atoms with Gasteiger partial charge in [-0.1, -0.05) is 12.1 Å². The molecule has 0 bridgehead atoms. The van der Waals surface area contributed by atoms with Gasteiger partial charge in [0.05, 0.1) is 16.5 Å². The van der Waals surface area contributed by atoms with Gasteiger partial charge in [-0.15, -0.1) is 0 Å². The maximum atomic E-state index is 13.0. The van der Waals surface area contributed by atoms with Crippen LogP contribution in [0.2, 0.25) is 0 Å². The highest BCUT2D eigenvalue weighted by Gasteiger charge is 2.30. The van der Waals surface area contributed by atoms with Gasteiger partial charge in [0.2, 0.25) is 0 Å². The van der Waals surface area contributed by atoms with Gasteiger partial charge < -0.3 is 14.6 Å². The summed E-state index contributed by atoms with van der Waals surface area (Å²) in [6.07, 6.45) is -1.17. The minimum atomic E-state index is -4.39. The average molecular weight is 418 g/mol. The minimum absolute atomic E-state index is 0.0354. The molecule has 1 aromatic carbocycles. The molecule has 1 aliphatic heterocycles. The SMILES string of the molecule is Cc1nc(NCc2cccc(C(F)(F)F)c2)c2cn(C3CCOCC3)c(=O)cc2n1. The second-order valence-corrected chi connectivity index (χ2v) is 7.33. The predicted molar refractivity (Wildman–Crippen MR) is 106 cm³/mol. The molecule has 1 aliphatic rings. The van der Waals surface area contributed by atoms with Crippen LogP contribution in [-0.4, -0.2) is 27.7 Å². The molecule has 0 radical (unpaired) electrons. The summed E-state index contributed by atoms with van der Waals surface area (Å²) in [4.78, 5) is 21.4. The molecule has 1 saturated heterocycles. The van der Waals surface area contributed by atoms with Crippen molar-refractivity contribution < 1.29 is 17.9 Å². The van der Waals surface area contributed by atoms with Crippen LogP contribution in [0.1, 0.15) is 35.8 Å². The highest BCUT2D eigenvalue weighted by Crippen LogP contribution is 2.30. The van der Waals surface area contributed by atoms with Gasteiger partial charge in [0.1, 0.15) is 11.6 Å². The van der Waals surface area contributed by atoms with Gasteiger partial charge >= 0.3 is 6.18 Å². The third kappa shape index (κ3) is 4.30. The van der Waals surface area contributed by atoms with Crippen LogP contribution in [0, 0.1) is 6.92 Å². The van der Waals surface area contributed by atoms with Crippen molar-refractivity contribution in [3.8, 4) is 0 Å². The summed E-state index contributed by atoms with van der Waals surface area (Å²) < 4.78 is 46.0. The molecule has 6 nitrogen and oxygen atoms in total. The fraction of sp³-hybridized carbons (Fsp3) is 0.381. The third-order valence-corrected chi connectivity index (χ3v) is 5.17. The lowest BCUT2D eigenvalue weighted by molar-refractivity contribution is -0.137. The van der Waals surface area contributed by atoms with Crippen molar-refractivity contribution in [1.29, 1.82) is 0 Å². The highest BCUT2D eigenvalue weighted by atomic mass is 19.4. The normalized spacial score (nSPS) is 15.5. The van der Waals surface area contributed by atoms with Crippen LogP contribution in [-0.2, 0) is 17.5 Å². The maximum Gasteiger partial charge on any atom is 0.416 e. The van der Waals surface area contributed by atoms with Gasteiger partial charge in [-0.3, -0.25) is 4.79 Å². The molecule has 0 aliphatic carbocycles. The first-order chi connectivity index (χ1) is 14.3. The van der Waals surface area contributed by atoms with E-state index in [1.165, 1.54) is 12.1 Å². The molecule has 30 heavy (non-hydrogen) atoms. The van der Waals surface area contributed by atoms with Gasteiger partial charge in [-0.2, -0.15) is 13.2 Å². The van der Waals surface area contributed by atoms with Crippen LogP contribution in [0.3, 0.4) is 0 Å². The number of rotatable bonds is 4. The van der Waals surface area contributed by atoms with Crippen molar-refractivity contribution in [1.82, 2.24) is 14.5 Å². The molecule has 158 valence electrons. The number of aryl methyl sites for hydroxylation is 1. The minimum Gasteiger partial charge on any atom is -0.381 e. The van der Waals surface area contributed by atoms with Crippen LogP contribution in [0.25, 0.3) is 10.9 Å². The van der Waals surface area contributed by atoms with E-state index in [0.29, 0.717) is 41.3 Å². The molecule has 0 unspecified atom stereocenters. The van der Waals surface area contributed by atoms with Crippen molar-refractivity contribution in [3.63, 3.8) is 0 Å². The molecule has 2 aromatic heterocycles. The van der Waals surface area contributed by atoms with Crippen LogP contribution in [0.4, 0.5) is 19.0 Å². The molecular formula is C21H21F3N4O2. The Bertz CT molecular complexity index is 1120. The number of alkyl halides is 3. The molecule has 9 heteroatoms. The number of pyridine rings is 1. The van der Waals surface area contributed by atoms with E-state index in [1.807, 2.05) is 0 Å². The van der Waals surface area contributed by atoms with Crippen LogP contribution < -0.4 is 10.9 Å². The standard InChI is InChI=1S/C21H21F3N4O2/c1-13-26-18-10-19(29)28(16-5-7-30-8-6-16)12-17(18)20(27-13)25-11-14-3-2-4-15(9-14)21(22,23)24/h2-4,9-10,12,16H,5-8,11H2,1H3,(H,25,26,27). The molecule has 0 amide bonds. The molecule has 1 N–H and O–H groups in total. The quantitative estimate of drug-likeness (QED) is 0.692. The van der Waals surface area contributed by atoms with E-state index in [-0.39, 0.29) is 18.1 Å². The zero-order valence-corrected chi connectivity index (χ0v) is 16.4. The van der Waals surface area contributed by atoms with Gasteiger partial charge in [0, 0.05) is 38.1 Å². The average Bonchev–Trinajstić information content (AvgIpc) is 2.71. The van der Waals surface area contributed by atoms with E-state index in [4.69, 9.17) is 4.74 Å². The van der Waals surface area contributed by atoms with E-state index in [9.17, 15) is 18.0 Å². The first-order valence-corrected chi connectivity index (χ1v) is 9.69. The van der Waals surface area contributed by atoms with Gasteiger partial charge in [0.15, 0.2) is 0 Å². The summed E-state index contributed by atoms with van der Waals surface area (Å²) in [6.45, 7) is 3.06. The lowest BCUT2D eigenvalue weighted by Gasteiger charge is -2.24. The monoisotopic (exact) mass is 418 g/mol. The Kier molecular flexibility index (Phi) is 5.46. The van der Waals surface area contributed by atoms with E-state index in [1.54, 1.807) is 23.8 Å². The van der Waals surface area contributed by atoms with Gasteiger partial charge in [-0.25, -0.2) is 9.97 Å². The smallest absolute Gasteiger partial charge is 0.381 e. The number of halogens is 3. The zero-order chi connectivity index (χ0) is 21.3.